The summed E-state index contributed by atoms with van der Waals surface area (Å²) >= 11 is 0. The number of hydrogen-bond donors (Lipinski definition) is 1. The van der Waals surface area contributed by atoms with Crippen molar-refractivity contribution in [1.29, 1.82) is 0 Å². The third-order valence-corrected chi connectivity index (χ3v) is 4.16. The van der Waals surface area contributed by atoms with Crippen molar-refractivity contribution in [3.05, 3.63) is 17.5 Å². The summed E-state index contributed by atoms with van der Waals surface area (Å²) in [7, 11) is 2.01. The summed E-state index contributed by atoms with van der Waals surface area (Å²) in [6.45, 7) is 7.73. The molecule has 1 aromatic heterocycles. The quantitative estimate of drug-likeness (QED) is 0.555. The summed E-state index contributed by atoms with van der Waals surface area (Å²) in [6, 6.07) is 0.481. The van der Waals surface area contributed by atoms with E-state index in [4.69, 9.17) is 0 Å². The fourth-order valence-corrected chi connectivity index (χ4v) is 2.95. The number of nitrogens with one attached hydrogen (secondary N) is 1. The van der Waals surface area contributed by atoms with Crippen molar-refractivity contribution in [1.82, 2.24) is 15.1 Å². The third kappa shape index (κ3) is 7.12. The summed E-state index contributed by atoms with van der Waals surface area (Å²) in [4.78, 5) is 0. The molecule has 1 unspecified atom stereocenters. The van der Waals surface area contributed by atoms with Crippen LogP contribution in [0, 0.1) is 6.92 Å². The average Bonchev–Trinajstić information content (AvgIpc) is 2.80. The van der Waals surface area contributed by atoms with Crippen molar-refractivity contribution >= 4 is 0 Å². The van der Waals surface area contributed by atoms with Crippen LogP contribution in [0.4, 0.5) is 0 Å². The highest BCUT2D eigenvalue weighted by Gasteiger charge is 2.15. The van der Waals surface area contributed by atoms with Crippen molar-refractivity contribution in [2.75, 3.05) is 6.54 Å². The van der Waals surface area contributed by atoms with E-state index in [2.05, 4.69) is 37.4 Å². The molecule has 21 heavy (non-hydrogen) atoms. The molecular weight excluding hydrogens is 258 g/mol. The lowest BCUT2D eigenvalue weighted by Crippen LogP contribution is -2.22. The smallest absolute Gasteiger partial charge is 0.0641 e. The van der Waals surface area contributed by atoms with Gasteiger partial charge in [0.25, 0.3) is 0 Å². The molecule has 0 amide bonds. The third-order valence-electron chi connectivity index (χ3n) is 4.16. The van der Waals surface area contributed by atoms with Crippen molar-refractivity contribution in [3.8, 4) is 0 Å². The largest absolute Gasteiger partial charge is 0.310 e. The molecule has 0 spiro atoms. The Hall–Kier alpha value is -0.830. The molecule has 1 aromatic rings. The van der Waals surface area contributed by atoms with E-state index in [-0.39, 0.29) is 0 Å². The van der Waals surface area contributed by atoms with E-state index in [1.54, 1.807) is 0 Å². The molecule has 1 rings (SSSR count). The number of rotatable bonds is 12. The topological polar surface area (TPSA) is 29.9 Å². The van der Waals surface area contributed by atoms with E-state index in [9.17, 15) is 0 Å². The van der Waals surface area contributed by atoms with Crippen LogP contribution in [0.1, 0.15) is 88.9 Å². The van der Waals surface area contributed by atoms with E-state index in [0.29, 0.717) is 6.04 Å². The molecule has 0 aromatic carbocycles. The lowest BCUT2D eigenvalue weighted by atomic mass is 10.00. The maximum atomic E-state index is 4.49. The van der Waals surface area contributed by atoms with Gasteiger partial charge in [-0.2, -0.15) is 5.10 Å². The van der Waals surface area contributed by atoms with Gasteiger partial charge >= 0.3 is 0 Å². The minimum atomic E-state index is 0.481. The minimum absolute atomic E-state index is 0.481. The van der Waals surface area contributed by atoms with Crippen LogP contribution in [0.3, 0.4) is 0 Å². The van der Waals surface area contributed by atoms with Crippen LogP contribution >= 0.6 is 0 Å². The Kier molecular flexibility index (Phi) is 9.40. The summed E-state index contributed by atoms with van der Waals surface area (Å²) in [5, 5.41) is 8.19. The van der Waals surface area contributed by atoms with Gasteiger partial charge in [-0.05, 0) is 26.3 Å². The van der Waals surface area contributed by atoms with E-state index in [1.807, 2.05) is 11.7 Å². The van der Waals surface area contributed by atoms with Crippen LogP contribution in [-0.2, 0) is 7.05 Å². The zero-order valence-electron chi connectivity index (χ0n) is 14.6. The van der Waals surface area contributed by atoms with E-state index in [0.717, 1.165) is 6.54 Å². The molecule has 0 aliphatic carbocycles. The van der Waals surface area contributed by atoms with E-state index < -0.39 is 0 Å². The molecule has 1 atom stereocenters. The molecule has 0 saturated carbocycles. The van der Waals surface area contributed by atoms with Gasteiger partial charge < -0.3 is 5.32 Å². The number of nitrogens with zero attached hydrogens (tertiary/aromatic N) is 2. The molecular formula is C18H35N3. The normalized spacial score (nSPS) is 12.8. The Morgan fingerprint density at radius 1 is 1.05 bits per heavy atom. The van der Waals surface area contributed by atoms with Gasteiger partial charge in [0.1, 0.15) is 0 Å². The van der Waals surface area contributed by atoms with Crippen molar-refractivity contribution in [3.63, 3.8) is 0 Å². The number of unbranched alkanes of at least 4 members (excludes halogenated alkanes) is 6. The second-order valence-electron chi connectivity index (χ2n) is 6.26. The van der Waals surface area contributed by atoms with Crippen molar-refractivity contribution in [2.45, 2.75) is 84.6 Å². The maximum Gasteiger partial charge on any atom is 0.0641 e. The first-order valence-electron chi connectivity index (χ1n) is 8.92. The van der Waals surface area contributed by atoms with Gasteiger partial charge in [0.15, 0.2) is 0 Å². The molecule has 122 valence electrons. The molecule has 1 heterocycles. The first kappa shape index (κ1) is 18.2. The molecule has 0 aliphatic rings. The zero-order chi connectivity index (χ0) is 15.5. The van der Waals surface area contributed by atoms with Gasteiger partial charge in [0, 0.05) is 24.8 Å². The second-order valence-corrected chi connectivity index (χ2v) is 6.26. The number of aryl methyl sites for hydroxylation is 2. The monoisotopic (exact) mass is 293 g/mol. The Labute approximate surface area is 131 Å². The summed E-state index contributed by atoms with van der Waals surface area (Å²) < 4.78 is 1.94. The minimum Gasteiger partial charge on any atom is -0.310 e. The lowest BCUT2D eigenvalue weighted by molar-refractivity contribution is 0.464. The van der Waals surface area contributed by atoms with Crippen LogP contribution < -0.4 is 5.32 Å². The second kappa shape index (κ2) is 10.8. The van der Waals surface area contributed by atoms with Gasteiger partial charge in [-0.1, -0.05) is 58.8 Å². The average molecular weight is 293 g/mol. The summed E-state index contributed by atoms with van der Waals surface area (Å²) in [5.41, 5.74) is 2.56. The molecule has 0 radical (unpaired) electrons. The summed E-state index contributed by atoms with van der Waals surface area (Å²) in [5.74, 6) is 0. The van der Waals surface area contributed by atoms with Crippen molar-refractivity contribution in [2.24, 2.45) is 7.05 Å². The highest BCUT2D eigenvalue weighted by molar-refractivity contribution is 5.20. The highest BCUT2D eigenvalue weighted by Crippen LogP contribution is 2.23. The van der Waals surface area contributed by atoms with Gasteiger partial charge in [-0.15, -0.1) is 0 Å². The zero-order valence-corrected chi connectivity index (χ0v) is 14.6. The van der Waals surface area contributed by atoms with Gasteiger partial charge in [0.2, 0.25) is 0 Å². The van der Waals surface area contributed by atoms with Gasteiger partial charge in [-0.3, -0.25) is 4.68 Å². The van der Waals surface area contributed by atoms with Gasteiger partial charge in [-0.25, -0.2) is 0 Å². The van der Waals surface area contributed by atoms with Crippen LogP contribution in [-0.4, -0.2) is 16.3 Å². The van der Waals surface area contributed by atoms with Gasteiger partial charge in [0.05, 0.1) is 5.69 Å². The van der Waals surface area contributed by atoms with Crippen LogP contribution in [0.2, 0.25) is 0 Å². The standard InChI is InChI=1S/C18H35N3/c1-5-7-8-9-10-11-12-13-18(19-14-6-2)17-15-21(4)20-16(17)3/h15,18-19H,5-14H2,1-4H3. The Bertz CT molecular complexity index is 371. The van der Waals surface area contributed by atoms with Crippen LogP contribution in [0.15, 0.2) is 6.20 Å². The maximum absolute atomic E-state index is 4.49. The summed E-state index contributed by atoms with van der Waals surface area (Å²) in [6.07, 6.45) is 14.3. The molecule has 3 nitrogen and oxygen atoms in total. The molecule has 0 saturated heterocycles. The van der Waals surface area contributed by atoms with Crippen LogP contribution in [0.25, 0.3) is 0 Å². The Morgan fingerprint density at radius 2 is 1.71 bits per heavy atom. The van der Waals surface area contributed by atoms with Crippen molar-refractivity contribution < 1.29 is 0 Å². The number of aromatic nitrogens is 2. The van der Waals surface area contributed by atoms with Crippen LogP contribution in [0.5, 0.6) is 0 Å². The Morgan fingerprint density at radius 3 is 2.29 bits per heavy atom. The first-order valence-corrected chi connectivity index (χ1v) is 8.92. The molecule has 3 heteroatoms. The SMILES string of the molecule is CCCCCCCCCC(NCCC)c1cn(C)nc1C. The molecule has 0 fully saturated rings. The number of hydrogen-bond acceptors (Lipinski definition) is 2. The predicted molar refractivity (Wildman–Crippen MR) is 91.6 cm³/mol. The molecule has 1 N–H and O–H groups in total. The predicted octanol–water partition coefficient (Wildman–Crippen LogP) is 4.91. The molecule has 0 aliphatic heterocycles. The Balaban J connectivity index is 2.35. The first-order chi connectivity index (χ1) is 10.2. The molecule has 0 bridgehead atoms. The fraction of sp³-hybridized carbons (Fsp3) is 0.833. The lowest BCUT2D eigenvalue weighted by Gasteiger charge is -2.18. The fourth-order valence-electron chi connectivity index (χ4n) is 2.95. The van der Waals surface area contributed by atoms with E-state index in [1.165, 1.54) is 69.0 Å². The van der Waals surface area contributed by atoms with E-state index >= 15 is 0 Å². The highest BCUT2D eigenvalue weighted by atomic mass is 15.3.